The SMILES string of the molecule is CCN(Cc1nonc1C)C(=O)c1cc(-c2ccco2)nc2c1c(C)nn2C. The van der Waals surface area contributed by atoms with Gasteiger partial charge in [-0.05, 0) is 39.0 Å². The number of hydrogen-bond acceptors (Lipinski definition) is 7. The molecule has 9 nitrogen and oxygen atoms in total. The van der Waals surface area contributed by atoms with Crippen LogP contribution in [0.1, 0.15) is 34.4 Å². The number of aryl methyl sites for hydroxylation is 3. The van der Waals surface area contributed by atoms with Crippen LogP contribution in [0.3, 0.4) is 0 Å². The molecule has 144 valence electrons. The molecule has 0 aliphatic rings. The molecule has 0 fully saturated rings. The molecule has 9 heteroatoms. The molecular weight excluding hydrogens is 360 g/mol. The van der Waals surface area contributed by atoms with Crippen molar-refractivity contribution in [3.05, 3.63) is 47.1 Å². The molecule has 0 aliphatic heterocycles. The van der Waals surface area contributed by atoms with Gasteiger partial charge < -0.3 is 9.32 Å². The Morgan fingerprint density at radius 3 is 2.71 bits per heavy atom. The van der Waals surface area contributed by atoms with Gasteiger partial charge in [-0.25, -0.2) is 9.61 Å². The van der Waals surface area contributed by atoms with Crippen LogP contribution in [0, 0.1) is 13.8 Å². The third kappa shape index (κ3) is 2.94. The highest BCUT2D eigenvalue weighted by Crippen LogP contribution is 2.28. The topological polar surface area (TPSA) is 103 Å². The van der Waals surface area contributed by atoms with E-state index >= 15 is 0 Å². The average Bonchev–Trinajstić information content (AvgIpc) is 3.41. The Bertz CT molecular complexity index is 1140. The van der Waals surface area contributed by atoms with Crippen molar-refractivity contribution >= 4 is 16.9 Å². The van der Waals surface area contributed by atoms with E-state index in [-0.39, 0.29) is 5.91 Å². The first-order valence-electron chi connectivity index (χ1n) is 8.95. The molecule has 0 bridgehead atoms. The highest BCUT2D eigenvalue weighted by molar-refractivity contribution is 6.07. The highest BCUT2D eigenvalue weighted by atomic mass is 16.6. The van der Waals surface area contributed by atoms with Crippen LogP contribution in [-0.2, 0) is 13.6 Å². The van der Waals surface area contributed by atoms with Crippen LogP contribution >= 0.6 is 0 Å². The van der Waals surface area contributed by atoms with E-state index in [2.05, 4.69) is 20.4 Å². The van der Waals surface area contributed by atoms with Crippen LogP contribution in [-0.4, -0.2) is 42.4 Å². The summed E-state index contributed by atoms with van der Waals surface area (Å²) in [6, 6.07) is 5.36. The van der Waals surface area contributed by atoms with Crippen LogP contribution in [0.5, 0.6) is 0 Å². The van der Waals surface area contributed by atoms with Gasteiger partial charge in [0.05, 0.1) is 29.5 Å². The van der Waals surface area contributed by atoms with Crippen LogP contribution in [0.2, 0.25) is 0 Å². The Morgan fingerprint density at radius 1 is 1.25 bits per heavy atom. The van der Waals surface area contributed by atoms with E-state index in [1.807, 2.05) is 27.0 Å². The predicted molar refractivity (Wildman–Crippen MR) is 100 cm³/mol. The number of carbonyl (C=O) groups excluding carboxylic acids is 1. The predicted octanol–water partition coefficient (Wildman–Crippen LogP) is 2.89. The summed E-state index contributed by atoms with van der Waals surface area (Å²) >= 11 is 0. The second kappa shape index (κ2) is 6.91. The maximum absolute atomic E-state index is 13.5. The standard InChI is InChI=1S/C19H20N6O3/c1-5-25(10-15-11(2)22-28-23-15)19(26)13-9-14(16-7-6-8-27-16)20-18-17(13)12(3)21-24(18)4/h6-9H,5,10H2,1-4H3. The molecule has 28 heavy (non-hydrogen) atoms. The number of carbonyl (C=O) groups is 1. The Morgan fingerprint density at radius 2 is 2.07 bits per heavy atom. The van der Waals surface area contributed by atoms with Gasteiger partial charge >= 0.3 is 0 Å². The molecule has 0 aliphatic carbocycles. The molecule has 0 radical (unpaired) electrons. The Hall–Kier alpha value is -3.49. The molecule has 4 aromatic rings. The molecular formula is C19H20N6O3. The zero-order valence-electron chi connectivity index (χ0n) is 16.1. The zero-order valence-corrected chi connectivity index (χ0v) is 16.1. The van der Waals surface area contributed by atoms with Gasteiger partial charge in [0, 0.05) is 13.6 Å². The van der Waals surface area contributed by atoms with E-state index in [0.29, 0.717) is 47.1 Å². The number of aromatic nitrogens is 5. The summed E-state index contributed by atoms with van der Waals surface area (Å²) in [7, 11) is 1.81. The molecule has 0 unspecified atom stereocenters. The van der Waals surface area contributed by atoms with E-state index < -0.39 is 0 Å². The lowest BCUT2D eigenvalue weighted by Gasteiger charge is -2.20. The third-order valence-corrected chi connectivity index (χ3v) is 4.73. The van der Waals surface area contributed by atoms with Crippen molar-refractivity contribution in [1.29, 1.82) is 0 Å². The fourth-order valence-corrected chi connectivity index (χ4v) is 3.24. The monoisotopic (exact) mass is 380 g/mol. The minimum Gasteiger partial charge on any atom is -0.463 e. The summed E-state index contributed by atoms with van der Waals surface area (Å²) in [5.41, 5.74) is 3.78. The van der Waals surface area contributed by atoms with Crippen LogP contribution in [0.15, 0.2) is 33.5 Å². The number of fused-ring (bicyclic) bond motifs is 1. The second-order valence-corrected chi connectivity index (χ2v) is 6.56. The molecule has 4 aromatic heterocycles. The minimum absolute atomic E-state index is 0.138. The molecule has 0 N–H and O–H groups in total. The van der Waals surface area contributed by atoms with Gasteiger partial charge in [0.1, 0.15) is 17.1 Å². The number of hydrogen-bond donors (Lipinski definition) is 0. The van der Waals surface area contributed by atoms with Gasteiger partial charge in [-0.3, -0.25) is 9.48 Å². The van der Waals surface area contributed by atoms with Gasteiger partial charge in [0.15, 0.2) is 11.4 Å². The maximum atomic E-state index is 13.5. The van der Waals surface area contributed by atoms with Gasteiger partial charge in [-0.15, -0.1) is 0 Å². The van der Waals surface area contributed by atoms with Crippen LogP contribution in [0.25, 0.3) is 22.5 Å². The lowest BCUT2D eigenvalue weighted by molar-refractivity contribution is 0.0750. The molecule has 0 saturated carbocycles. The quantitative estimate of drug-likeness (QED) is 0.524. The van der Waals surface area contributed by atoms with Crippen molar-refractivity contribution in [2.24, 2.45) is 7.05 Å². The first-order chi connectivity index (χ1) is 13.5. The molecule has 0 saturated heterocycles. The Kier molecular flexibility index (Phi) is 4.42. The van der Waals surface area contributed by atoms with Gasteiger partial charge in [-0.1, -0.05) is 10.3 Å². The zero-order chi connectivity index (χ0) is 19.8. The molecule has 4 heterocycles. The summed E-state index contributed by atoms with van der Waals surface area (Å²) < 4.78 is 11.9. The number of rotatable bonds is 5. The molecule has 4 rings (SSSR count). The summed E-state index contributed by atoms with van der Waals surface area (Å²) in [4.78, 5) is 19.8. The fourth-order valence-electron chi connectivity index (χ4n) is 3.24. The van der Waals surface area contributed by atoms with Gasteiger partial charge in [0.25, 0.3) is 5.91 Å². The number of nitrogens with zero attached hydrogens (tertiary/aromatic N) is 6. The largest absolute Gasteiger partial charge is 0.463 e. The Balaban J connectivity index is 1.83. The van der Waals surface area contributed by atoms with Crippen molar-refractivity contribution in [3.8, 4) is 11.5 Å². The first kappa shape index (κ1) is 17.9. The average molecular weight is 380 g/mol. The van der Waals surface area contributed by atoms with Crippen LogP contribution < -0.4 is 0 Å². The summed E-state index contributed by atoms with van der Waals surface area (Å²) in [6.07, 6.45) is 1.58. The summed E-state index contributed by atoms with van der Waals surface area (Å²) in [5, 5.41) is 12.9. The van der Waals surface area contributed by atoms with E-state index in [0.717, 1.165) is 11.1 Å². The van der Waals surface area contributed by atoms with E-state index in [9.17, 15) is 4.79 Å². The Labute approximate surface area is 160 Å². The maximum Gasteiger partial charge on any atom is 0.255 e. The molecule has 0 aromatic carbocycles. The molecule has 0 spiro atoms. The number of pyridine rings is 1. The van der Waals surface area contributed by atoms with Crippen molar-refractivity contribution < 1.29 is 13.8 Å². The van der Waals surface area contributed by atoms with Gasteiger partial charge in [-0.2, -0.15) is 5.10 Å². The van der Waals surface area contributed by atoms with Crippen molar-refractivity contribution in [1.82, 2.24) is 30.0 Å². The lowest BCUT2D eigenvalue weighted by atomic mass is 10.1. The van der Waals surface area contributed by atoms with E-state index in [1.54, 1.807) is 34.9 Å². The minimum atomic E-state index is -0.138. The van der Waals surface area contributed by atoms with E-state index in [4.69, 9.17) is 9.05 Å². The van der Waals surface area contributed by atoms with Gasteiger partial charge in [0.2, 0.25) is 0 Å². The van der Waals surface area contributed by atoms with Crippen molar-refractivity contribution in [3.63, 3.8) is 0 Å². The van der Waals surface area contributed by atoms with E-state index in [1.165, 1.54) is 0 Å². The summed E-state index contributed by atoms with van der Waals surface area (Å²) in [6.45, 7) is 6.40. The smallest absolute Gasteiger partial charge is 0.255 e. The second-order valence-electron chi connectivity index (χ2n) is 6.56. The fraction of sp³-hybridized carbons (Fsp3) is 0.316. The first-order valence-corrected chi connectivity index (χ1v) is 8.95. The number of amides is 1. The highest BCUT2D eigenvalue weighted by Gasteiger charge is 2.24. The third-order valence-electron chi connectivity index (χ3n) is 4.73. The van der Waals surface area contributed by atoms with Crippen molar-refractivity contribution in [2.75, 3.05) is 6.54 Å². The summed E-state index contributed by atoms with van der Waals surface area (Å²) in [5.74, 6) is 0.454. The number of furan rings is 1. The van der Waals surface area contributed by atoms with Crippen molar-refractivity contribution in [2.45, 2.75) is 27.3 Å². The molecule has 0 atom stereocenters. The molecule has 1 amide bonds. The van der Waals surface area contributed by atoms with Crippen LogP contribution in [0.4, 0.5) is 0 Å². The normalized spacial score (nSPS) is 11.3. The lowest BCUT2D eigenvalue weighted by Crippen LogP contribution is -2.31.